The van der Waals surface area contributed by atoms with E-state index in [-0.39, 0.29) is 12.0 Å². The van der Waals surface area contributed by atoms with Gasteiger partial charge in [-0.3, -0.25) is 4.79 Å². The smallest absolute Gasteiger partial charge is 0.306 e. The zero-order valence-electron chi connectivity index (χ0n) is 9.80. The molecule has 0 saturated heterocycles. The van der Waals surface area contributed by atoms with E-state index in [0.29, 0.717) is 0 Å². The van der Waals surface area contributed by atoms with Crippen LogP contribution >= 0.6 is 11.3 Å². The number of thiophene rings is 1. The average Bonchev–Trinajstić information content (AvgIpc) is 2.83. The molecule has 0 spiro atoms. The molecule has 17 heavy (non-hydrogen) atoms. The van der Waals surface area contributed by atoms with E-state index < -0.39 is 5.97 Å². The summed E-state index contributed by atoms with van der Waals surface area (Å²) in [5, 5.41) is 13.1. The van der Waals surface area contributed by atoms with E-state index in [9.17, 15) is 4.79 Å². The molecule has 1 aromatic rings. The number of aliphatic carboxylic acids is 1. The van der Waals surface area contributed by atoms with Crippen LogP contribution in [-0.2, 0) is 16.0 Å². The SMILES string of the molecule is O=C(O)C1CCC(OCCc2ccsc2)CC1. The molecule has 0 aliphatic heterocycles. The summed E-state index contributed by atoms with van der Waals surface area (Å²) in [6.07, 6.45) is 4.53. The van der Waals surface area contributed by atoms with Gasteiger partial charge in [0.2, 0.25) is 0 Å². The van der Waals surface area contributed by atoms with Crippen LogP contribution in [0.1, 0.15) is 31.2 Å². The lowest BCUT2D eigenvalue weighted by Gasteiger charge is -2.26. The van der Waals surface area contributed by atoms with Crippen molar-refractivity contribution in [2.45, 2.75) is 38.2 Å². The summed E-state index contributed by atoms with van der Waals surface area (Å²) >= 11 is 1.71. The fourth-order valence-corrected chi connectivity index (χ4v) is 2.96. The first kappa shape index (κ1) is 12.6. The number of carboxylic acids is 1. The lowest BCUT2D eigenvalue weighted by molar-refractivity contribution is -0.143. The molecule has 0 atom stereocenters. The third-order valence-corrected chi connectivity index (χ3v) is 4.08. The maximum atomic E-state index is 10.8. The Morgan fingerprint density at radius 1 is 1.41 bits per heavy atom. The molecule has 4 heteroatoms. The fourth-order valence-electron chi connectivity index (χ4n) is 2.25. The predicted octanol–water partition coefficient (Wildman–Crippen LogP) is 2.95. The van der Waals surface area contributed by atoms with Crippen LogP contribution in [0.4, 0.5) is 0 Å². The summed E-state index contributed by atoms with van der Waals surface area (Å²) in [6.45, 7) is 0.749. The number of carbonyl (C=O) groups is 1. The van der Waals surface area contributed by atoms with Gasteiger partial charge in [0.25, 0.3) is 0 Å². The van der Waals surface area contributed by atoms with Crippen molar-refractivity contribution in [3.8, 4) is 0 Å². The molecule has 1 saturated carbocycles. The van der Waals surface area contributed by atoms with Gasteiger partial charge in [-0.2, -0.15) is 11.3 Å². The molecular formula is C13H18O3S. The van der Waals surface area contributed by atoms with Crippen molar-refractivity contribution in [2.24, 2.45) is 5.92 Å². The third-order valence-electron chi connectivity index (χ3n) is 3.35. The molecule has 0 amide bonds. The summed E-state index contributed by atoms with van der Waals surface area (Å²) in [6, 6.07) is 2.12. The normalized spacial score (nSPS) is 24.7. The van der Waals surface area contributed by atoms with Crippen LogP contribution in [0.25, 0.3) is 0 Å². The first-order chi connectivity index (χ1) is 8.25. The van der Waals surface area contributed by atoms with Crippen molar-refractivity contribution in [1.29, 1.82) is 0 Å². The Morgan fingerprint density at radius 2 is 2.18 bits per heavy atom. The van der Waals surface area contributed by atoms with Gasteiger partial charge < -0.3 is 9.84 Å². The lowest BCUT2D eigenvalue weighted by Crippen LogP contribution is -2.26. The highest BCUT2D eigenvalue weighted by atomic mass is 32.1. The van der Waals surface area contributed by atoms with Gasteiger partial charge in [0.15, 0.2) is 0 Å². The zero-order chi connectivity index (χ0) is 12.1. The van der Waals surface area contributed by atoms with E-state index in [1.165, 1.54) is 5.56 Å². The van der Waals surface area contributed by atoms with Gasteiger partial charge in [-0.15, -0.1) is 0 Å². The predicted molar refractivity (Wildman–Crippen MR) is 67.4 cm³/mol. The van der Waals surface area contributed by atoms with E-state index in [1.54, 1.807) is 11.3 Å². The molecule has 0 aromatic carbocycles. The molecule has 1 aromatic heterocycles. The summed E-state index contributed by atoms with van der Waals surface area (Å²) < 4.78 is 5.80. The molecule has 1 fully saturated rings. The quantitative estimate of drug-likeness (QED) is 0.878. The zero-order valence-corrected chi connectivity index (χ0v) is 10.6. The summed E-state index contributed by atoms with van der Waals surface area (Å²) in [5.74, 6) is -0.798. The number of ether oxygens (including phenoxy) is 1. The second kappa shape index (κ2) is 6.17. The first-order valence-electron chi connectivity index (χ1n) is 6.11. The second-order valence-electron chi connectivity index (χ2n) is 4.56. The lowest BCUT2D eigenvalue weighted by atomic mass is 9.87. The van der Waals surface area contributed by atoms with E-state index in [1.807, 2.05) is 0 Å². The van der Waals surface area contributed by atoms with Gasteiger partial charge in [-0.05, 0) is 54.5 Å². The second-order valence-corrected chi connectivity index (χ2v) is 5.34. The Balaban J connectivity index is 1.63. The number of hydrogen-bond acceptors (Lipinski definition) is 3. The van der Waals surface area contributed by atoms with E-state index in [2.05, 4.69) is 16.8 Å². The average molecular weight is 254 g/mol. The Kier molecular flexibility index (Phi) is 4.57. The van der Waals surface area contributed by atoms with Gasteiger partial charge in [0, 0.05) is 0 Å². The van der Waals surface area contributed by atoms with Crippen LogP contribution in [0.15, 0.2) is 16.8 Å². The number of hydrogen-bond donors (Lipinski definition) is 1. The molecule has 1 aliphatic carbocycles. The summed E-state index contributed by atoms with van der Waals surface area (Å²) in [7, 11) is 0. The Bertz CT molecular complexity index is 340. The van der Waals surface area contributed by atoms with Crippen LogP contribution in [-0.4, -0.2) is 23.8 Å². The molecule has 3 nitrogen and oxygen atoms in total. The number of rotatable bonds is 5. The van der Waals surface area contributed by atoms with E-state index in [0.717, 1.165) is 38.7 Å². The molecular weight excluding hydrogens is 236 g/mol. The molecule has 1 aliphatic rings. The summed E-state index contributed by atoms with van der Waals surface area (Å²) in [5.41, 5.74) is 1.33. The Morgan fingerprint density at radius 3 is 2.76 bits per heavy atom. The minimum Gasteiger partial charge on any atom is -0.481 e. The monoisotopic (exact) mass is 254 g/mol. The van der Waals surface area contributed by atoms with E-state index >= 15 is 0 Å². The maximum absolute atomic E-state index is 10.8. The van der Waals surface area contributed by atoms with Gasteiger partial charge >= 0.3 is 5.97 Å². The van der Waals surface area contributed by atoms with Gasteiger partial charge in [-0.25, -0.2) is 0 Å². The maximum Gasteiger partial charge on any atom is 0.306 e. The fraction of sp³-hybridized carbons (Fsp3) is 0.615. The van der Waals surface area contributed by atoms with Crippen LogP contribution in [0.3, 0.4) is 0 Å². The largest absolute Gasteiger partial charge is 0.481 e. The van der Waals surface area contributed by atoms with E-state index in [4.69, 9.17) is 9.84 Å². The van der Waals surface area contributed by atoms with Crippen LogP contribution in [0, 0.1) is 5.92 Å². The van der Waals surface area contributed by atoms with Crippen molar-refractivity contribution in [2.75, 3.05) is 6.61 Å². The minimum atomic E-state index is -0.651. The topological polar surface area (TPSA) is 46.5 Å². The molecule has 0 radical (unpaired) electrons. The molecule has 2 rings (SSSR count). The highest BCUT2D eigenvalue weighted by Gasteiger charge is 2.25. The van der Waals surface area contributed by atoms with Crippen molar-refractivity contribution < 1.29 is 14.6 Å². The van der Waals surface area contributed by atoms with Crippen molar-refractivity contribution in [1.82, 2.24) is 0 Å². The minimum absolute atomic E-state index is 0.147. The number of carboxylic acid groups (broad SMARTS) is 1. The van der Waals surface area contributed by atoms with Crippen molar-refractivity contribution >= 4 is 17.3 Å². The Labute approximate surface area is 105 Å². The van der Waals surface area contributed by atoms with Crippen LogP contribution < -0.4 is 0 Å². The summed E-state index contributed by atoms with van der Waals surface area (Å²) in [4.78, 5) is 10.8. The molecule has 0 unspecified atom stereocenters. The standard InChI is InChI=1S/C13H18O3S/c14-13(15)11-1-3-12(4-2-11)16-7-5-10-6-8-17-9-10/h6,8-9,11-12H,1-5,7H2,(H,14,15). The van der Waals surface area contributed by atoms with Gasteiger partial charge in [0.05, 0.1) is 18.6 Å². The molecule has 94 valence electrons. The first-order valence-corrected chi connectivity index (χ1v) is 7.05. The highest BCUT2D eigenvalue weighted by molar-refractivity contribution is 7.07. The van der Waals surface area contributed by atoms with Gasteiger partial charge in [0.1, 0.15) is 0 Å². The van der Waals surface area contributed by atoms with Crippen LogP contribution in [0.2, 0.25) is 0 Å². The molecule has 1 N–H and O–H groups in total. The van der Waals surface area contributed by atoms with Crippen molar-refractivity contribution in [3.63, 3.8) is 0 Å². The highest BCUT2D eigenvalue weighted by Crippen LogP contribution is 2.26. The Hall–Kier alpha value is -0.870. The van der Waals surface area contributed by atoms with Crippen LogP contribution in [0.5, 0.6) is 0 Å². The third kappa shape index (κ3) is 3.82. The molecule has 1 heterocycles. The van der Waals surface area contributed by atoms with Crippen molar-refractivity contribution in [3.05, 3.63) is 22.4 Å². The molecule has 0 bridgehead atoms. The van der Waals surface area contributed by atoms with Gasteiger partial charge in [-0.1, -0.05) is 0 Å².